The summed E-state index contributed by atoms with van der Waals surface area (Å²) in [7, 11) is 3.54. The molecular weight excluding hydrogens is 475 g/mol. The van der Waals surface area contributed by atoms with Crippen molar-refractivity contribution in [2.45, 2.75) is 32.2 Å². The minimum atomic E-state index is 0. The Morgan fingerprint density at radius 2 is 2.30 bits per heavy atom. The first-order valence-corrected chi connectivity index (χ1v) is 10.3. The van der Waals surface area contributed by atoms with E-state index in [9.17, 15) is 4.79 Å². The van der Waals surface area contributed by atoms with Gasteiger partial charge < -0.3 is 19.9 Å². The molecule has 0 saturated carbocycles. The number of nitrogens with zero attached hydrogens (tertiary/aromatic N) is 3. The molecule has 0 aromatic carbocycles. The van der Waals surface area contributed by atoms with Crippen LogP contribution in [0.15, 0.2) is 22.5 Å². The summed E-state index contributed by atoms with van der Waals surface area (Å²) < 4.78 is 5.66. The molecule has 8 heteroatoms. The summed E-state index contributed by atoms with van der Waals surface area (Å²) in [5.41, 5.74) is 0.263. The molecule has 2 unspecified atom stereocenters. The van der Waals surface area contributed by atoms with Gasteiger partial charge in [-0.15, -0.1) is 35.3 Å². The molecule has 27 heavy (non-hydrogen) atoms. The zero-order valence-electron chi connectivity index (χ0n) is 16.4. The van der Waals surface area contributed by atoms with Gasteiger partial charge in [-0.2, -0.15) is 0 Å². The molecule has 1 amide bonds. The van der Waals surface area contributed by atoms with Gasteiger partial charge in [-0.1, -0.05) is 13.0 Å². The van der Waals surface area contributed by atoms with Gasteiger partial charge in [0.1, 0.15) is 6.54 Å². The topological polar surface area (TPSA) is 57.2 Å². The van der Waals surface area contributed by atoms with Crippen molar-refractivity contribution in [1.82, 2.24) is 15.1 Å². The highest BCUT2D eigenvalue weighted by Gasteiger charge is 2.42. The van der Waals surface area contributed by atoms with Crippen LogP contribution in [0.1, 0.15) is 37.1 Å². The Bertz CT molecular complexity index is 630. The first-order chi connectivity index (χ1) is 12.5. The predicted octanol–water partition coefficient (Wildman–Crippen LogP) is 2.96. The van der Waals surface area contributed by atoms with E-state index in [1.165, 1.54) is 4.88 Å². The second kappa shape index (κ2) is 10.1. The van der Waals surface area contributed by atoms with E-state index in [0.29, 0.717) is 0 Å². The number of hydrogen-bond donors (Lipinski definition) is 1. The fourth-order valence-electron chi connectivity index (χ4n) is 3.63. The lowest BCUT2D eigenvalue weighted by Crippen LogP contribution is -2.43. The van der Waals surface area contributed by atoms with E-state index in [1.54, 1.807) is 30.3 Å². The molecule has 1 spiro atoms. The maximum absolute atomic E-state index is 12.1. The zero-order chi connectivity index (χ0) is 18.6. The standard InChI is InChI=1S/C19H30N4O2S.HI/c1-4-15(16-6-5-11-26-16)21-18(20-12-17(24)22(2)3)23-9-7-19(13-23)8-10-25-14-19;/h5-6,11,15H,4,7-10,12-14H2,1-3H3,(H,20,21);1H. The van der Waals surface area contributed by atoms with Crippen LogP contribution in [0, 0.1) is 5.41 Å². The molecule has 2 aliphatic heterocycles. The zero-order valence-corrected chi connectivity index (χ0v) is 19.6. The number of rotatable bonds is 5. The minimum absolute atomic E-state index is 0. The molecule has 2 fully saturated rings. The number of nitrogens with one attached hydrogen (secondary N) is 1. The summed E-state index contributed by atoms with van der Waals surface area (Å²) >= 11 is 1.76. The van der Waals surface area contributed by atoms with Gasteiger partial charge in [-0.3, -0.25) is 4.79 Å². The van der Waals surface area contributed by atoms with E-state index in [-0.39, 0.29) is 47.9 Å². The molecule has 2 aliphatic rings. The van der Waals surface area contributed by atoms with Gasteiger partial charge in [0.05, 0.1) is 12.6 Å². The van der Waals surface area contributed by atoms with E-state index in [2.05, 4.69) is 39.6 Å². The van der Waals surface area contributed by atoms with Crippen LogP contribution >= 0.6 is 35.3 Å². The van der Waals surface area contributed by atoms with Gasteiger partial charge in [0.15, 0.2) is 5.96 Å². The van der Waals surface area contributed by atoms with E-state index in [0.717, 1.165) is 51.5 Å². The number of guanidine groups is 1. The van der Waals surface area contributed by atoms with Crippen molar-refractivity contribution in [3.8, 4) is 0 Å². The van der Waals surface area contributed by atoms with Gasteiger partial charge in [0, 0.05) is 44.1 Å². The summed E-state index contributed by atoms with van der Waals surface area (Å²) in [5, 5.41) is 5.73. The average Bonchev–Trinajstić information content (AvgIpc) is 3.38. The highest BCUT2D eigenvalue weighted by atomic mass is 127. The molecule has 3 heterocycles. The van der Waals surface area contributed by atoms with Crippen LogP contribution in [0.4, 0.5) is 0 Å². The summed E-state index contributed by atoms with van der Waals surface area (Å²) in [6, 6.07) is 4.46. The van der Waals surface area contributed by atoms with Crippen LogP contribution < -0.4 is 5.32 Å². The van der Waals surface area contributed by atoms with Crippen LogP contribution in [-0.4, -0.2) is 68.6 Å². The Morgan fingerprint density at radius 1 is 1.48 bits per heavy atom. The van der Waals surface area contributed by atoms with E-state index >= 15 is 0 Å². The third kappa shape index (κ3) is 5.57. The number of carbonyl (C=O) groups excluding carboxylic acids is 1. The number of ether oxygens (including phenoxy) is 1. The molecule has 0 aliphatic carbocycles. The van der Waals surface area contributed by atoms with Crippen molar-refractivity contribution in [3.63, 3.8) is 0 Å². The lowest BCUT2D eigenvalue weighted by atomic mass is 9.87. The Hall–Kier alpha value is -0.870. The highest BCUT2D eigenvalue weighted by Crippen LogP contribution is 2.38. The minimum Gasteiger partial charge on any atom is -0.381 e. The fraction of sp³-hybridized carbons (Fsp3) is 0.684. The molecule has 1 N–H and O–H groups in total. The predicted molar refractivity (Wildman–Crippen MR) is 121 cm³/mol. The van der Waals surface area contributed by atoms with Gasteiger partial charge in [-0.05, 0) is 30.7 Å². The van der Waals surface area contributed by atoms with Crippen molar-refractivity contribution in [2.75, 3.05) is 46.9 Å². The van der Waals surface area contributed by atoms with E-state index in [4.69, 9.17) is 4.74 Å². The second-order valence-electron chi connectivity index (χ2n) is 7.52. The Labute approximate surface area is 183 Å². The first kappa shape index (κ1) is 22.4. The number of carbonyl (C=O) groups is 1. The number of aliphatic imine (C=N–C) groups is 1. The SMILES string of the molecule is CCC(NC(=NCC(=O)N(C)C)N1CCC2(CCOC2)C1)c1cccs1.I. The van der Waals surface area contributed by atoms with Crippen molar-refractivity contribution >= 4 is 47.2 Å². The number of likely N-dealkylation sites (N-methyl/N-ethyl adjacent to an activating group) is 1. The van der Waals surface area contributed by atoms with Gasteiger partial charge in [0.25, 0.3) is 0 Å². The molecule has 1 aromatic rings. The Balaban J connectivity index is 0.00000261. The van der Waals surface area contributed by atoms with Crippen LogP contribution in [0.5, 0.6) is 0 Å². The maximum Gasteiger partial charge on any atom is 0.243 e. The monoisotopic (exact) mass is 506 g/mol. The second-order valence-corrected chi connectivity index (χ2v) is 8.50. The Morgan fingerprint density at radius 3 is 2.89 bits per heavy atom. The third-order valence-corrected chi connectivity index (χ3v) is 6.37. The molecular formula is C19H31IN4O2S. The Kier molecular flexibility index (Phi) is 8.36. The number of halogens is 1. The third-order valence-electron chi connectivity index (χ3n) is 5.38. The molecule has 3 rings (SSSR count). The quantitative estimate of drug-likeness (QED) is 0.379. The maximum atomic E-state index is 12.1. The smallest absolute Gasteiger partial charge is 0.243 e. The molecule has 0 bridgehead atoms. The van der Waals surface area contributed by atoms with E-state index < -0.39 is 0 Å². The van der Waals surface area contributed by atoms with Crippen LogP contribution in [-0.2, 0) is 9.53 Å². The first-order valence-electron chi connectivity index (χ1n) is 9.40. The van der Waals surface area contributed by atoms with Crippen LogP contribution in [0.3, 0.4) is 0 Å². The molecule has 6 nitrogen and oxygen atoms in total. The number of hydrogen-bond acceptors (Lipinski definition) is 4. The summed E-state index contributed by atoms with van der Waals surface area (Å²) in [6.07, 6.45) is 3.23. The molecule has 2 atom stereocenters. The number of likely N-dealkylation sites (tertiary alicyclic amines) is 1. The van der Waals surface area contributed by atoms with Crippen LogP contribution in [0.2, 0.25) is 0 Å². The molecule has 0 radical (unpaired) electrons. The van der Waals surface area contributed by atoms with Gasteiger partial charge in [-0.25, -0.2) is 4.99 Å². The van der Waals surface area contributed by atoms with Gasteiger partial charge >= 0.3 is 0 Å². The highest BCUT2D eigenvalue weighted by molar-refractivity contribution is 14.0. The molecule has 1 aromatic heterocycles. The summed E-state index contributed by atoms with van der Waals surface area (Å²) in [4.78, 5) is 21.9. The average molecular weight is 506 g/mol. The molecule has 152 valence electrons. The van der Waals surface area contributed by atoms with Crippen LogP contribution in [0.25, 0.3) is 0 Å². The number of amides is 1. The van der Waals surface area contributed by atoms with E-state index in [1.807, 2.05) is 0 Å². The van der Waals surface area contributed by atoms with Crippen molar-refractivity contribution in [3.05, 3.63) is 22.4 Å². The van der Waals surface area contributed by atoms with Crippen molar-refractivity contribution in [1.29, 1.82) is 0 Å². The molecule has 2 saturated heterocycles. The fourth-order valence-corrected chi connectivity index (χ4v) is 4.49. The van der Waals surface area contributed by atoms with Crippen molar-refractivity contribution < 1.29 is 9.53 Å². The summed E-state index contributed by atoms with van der Waals surface area (Å²) in [5.74, 6) is 0.871. The lowest BCUT2D eigenvalue weighted by Gasteiger charge is -2.28. The summed E-state index contributed by atoms with van der Waals surface area (Å²) in [6.45, 7) is 5.98. The van der Waals surface area contributed by atoms with Crippen molar-refractivity contribution in [2.24, 2.45) is 10.4 Å². The number of thiophene rings is 1. The van der Waals surface area contributed by atoms with Gasteiger partial charge in [0.2, 0.25) is 5.91 Å². The normalized spacial score (nSPS) is 23.4. The largest absolute Gasteiger partial charge is 0.381 e. The lowest BCUT2D eigenvalue weighted by molar-refractivity contribution is -0.127.